The van der Waals surface area contributed by atoms with Gasteiger partial charge in [-0.1, -0.05) is 41.9 Å². The SMILES string of the molecule is O=C(COC(=O)/C=C/c1ccccc1)Nc1cc(Cl)ccc1F. The Morgan fingerprint density at radius 1 is 1.17 bits per heavy atom. The summed E-state index contributed by atoms with van der Waals surface area (Å²) in [4.78, 5) is 23.1. The fraction of sp³-hybridized carbons (Fsp3) is 0.0588. The number of carbonyl (C=O) groups is 2. The van der Waals surface area contributed by atoms with Crippen molar-refractivity contribution in [1.29, 1.82) is 0 Å². The van der Waals surface area contributed by atoms with Crippen molar-refractivity contribution in [3.05, 3.63) is 71.0 Å². The summed E-state index contributed by atoms with van der Waals surface area (Å²) in [5.74, 6) is -1.96. The molecule has 0 spiro atoms. The maximum absolute atomic E-state index is 13.4. The second kappa shape index (κ2) is 8.10. The highest BCUT2D eigenvalue weighted by Gasteiger charge is 2.09. The molecule has 0 aliphatic rings. The van der Waals surface area contributed by atoms with Crippen LogP contribution in [-0.2, 0) is 14.3 Å². The van der Waals surface area contributed by atoms with Crippen LogP contribution in [0.25, 0.3) is 6.08 Å². The van der Waals surface area contributed by atoms with Crippen LogP contribution in [0.4, 0.5) is 10.1 Å². The predicted molar refractivity (Wildman–Crippen MR) is 86.5 cm³/mol. The minimum Gasteiger partial charge on any atom is -0.452 e. The molecular formula is C17H13ClFNO3. The van der Waals surface area contributed by atoms with Gasteiger partial charge in [-0.05, 0) is 29.8 Å². The molecule has 2 aromatic carbocycles. The molecule has 1 N–H and O–H groups in total. The second-order valence-corrected chi connectivity index (χ2v) is 4.96. The number of amides is 1. The highest BCUT2D eigenvalue weighted by Crippen LogP contribution is 2.19. The highest BCUT2D eigenvalue weighted by molar-refractivity contribution is 6.30. The number of carbonyl (C=O) groups excluding carboxylic acids is 2. The fourth-order valence-electron chi connectivity index (χ4n) is 1.69. The number of ether oxygens (including phenoxy) is 1. The van der Waals surface area contributed by atoms with Gasteiger partial charge in [0.05, 0.1) is 5.69 Å². The van der Waals surface area contributed by atoms with Crippen LogP contribution in [0.15, 0.2) is 54.6 Å². The van der Waals surface area contributed by atoms with E-state index in [9.17, 15) is 14.0 Å². The van der Waals surface area contributed by atoms with Crippen molar-refractivity contribution >= 4 is 35.2 Å². The van der Waals surface area contributed by atoms with Crippen molar-refractivity contribution in [2.75, 3.05) is 11.9 Å². The first kappa shape index (κ1) is 16.7. The van der Waals surface area contributed by atoms with Gasteiger partial charge in [0.25, 0.3) is 5.91 Å². The molecule has 1 amide bonds. The van der Waals surface area contributed by atoms with E-state index in [1.54, 1.807) is 6.08 Å². The molecule has 0 unspecified atom stereocenters. The highest BCUT2D eigenvalue weighted by atomic mass is 35.5. The Morgan fingerprint density at radius 2 is 1.91 bits per heavy atom. The van der Waals surface area contributed by atoms with E-state index in [2.05, 4.69) is 5.32 Å². The van der Waals surface area contributed by atoms with E-state index in [0.29, 0.717) is 0 Å². The molecule has 2 rings (SSSR count). The third-order valence-corrected chi connectivity index (χ3v) is 2.99. The van der Waals surface area contributed by atoms with Crippen LogP contribution < -0.4 is 5.32 Å². The summed E-state index contributed by atoms with van der Waals surface area (Å²) in [5, 5.41) is 2.56. The van der Waals surface area contributed by atoms with E-state index in [4.69, 9.17) is 16.3 Å². The molecule has 0 aromatic heterocycles. The van der Waals surface area contributed by atoms with Crippen LogP contribution in [0.3, 0.4) is 0 Å². The lowest BCUT2D eigenvalue weighted by Gasteiger charge is -2.06. The number of hydrogen-bond donors (Lipinski definition) is 1. The lowest BCUT2D eigenvalue weighted by atomic mass is 10.2. The number of rotatable bonds is 5. The van der Waals surface area contributed by atoms with Crippen molar-refractivity contribution in [1.82, 2.24) is 0 Å². The number of benzene rings is 2. The maximum atomic E-state index is 13.4. The zero-order valence-electron chi connectivity index (χ0n) is 12.0. The van der Waals surface area contributed by atoms with E-state index < -0.39 is 24.3 Å². The predicted octanol–water partition coefficient (Wildman–Crippen LogP) is 3.67. The first-order valence-corrected chi connectivity index (χ1v) is 7.07. The van der Waals surface area contributed by atoms with E-state index in [0.717, 1.165) is 11.6 Å². The molecule has 0 fully saturated rings. The van der Waals surface area contributed by atoms with Crippen LogP contribution in [-0.4, -0.2) is 18.5 Å². The number of anilines is 1. The van der Waals surface area contributed by atoms with Gasteiger partial charge in [0.2, 0.25) is 0 Å². The summed E-state index contributed by atoms with van der Waals surface area (Å²) in [6.45, 7) is -0.524. The van der Waals surface area contributed by atoms with Crippen molar-refractivity contribution in [3.8, 4) is 0 Å². The van der Waals surface area contributed by atoms with Gasteiger partial charge in [0, 0.05) is 11.1 Å². The van der Waals surface area contributed by atoms with Crippen molar-refractivity contribution in [2.45, 2.75) is 0 Å². The monoisotopic (exact) mass is 333 g/mol. The van der Waals surface area contributed by atoms with Crippen LogP contribution in [0.2, 0.25) is 5.02 Å². The summed E-state index contributed by atoms with van der Waals surface area (Å²) in [6, 6.07) is 12.9. The third kappa shape index (κ3) is 5.56. The summed E-state index contributed by atoms with van der Waals surface area (Å²) in [5.41, 5.74) is 0.758. The molecule has 2 aromatic rings. The molecule has 0 aliphatic heterocycles. The number of halogens is 2. The Labute approximate surface area is 137 Å². The Hall–Kier alpha value is -2.66. The van der Waals surface area contributed by atoms with Gasteiger partial charge in [-0.3, -0.25) is 4.79 Å². The Bertz CT molecular complexity index is 732. The normalized spacial score (nSPS) is 10.5. The van der Waals surface area contributed by atoms with Gasteiger partial charge in [-0.2, -0.15) is 0 Å². The van der Waals surface area contributed by atoms with Crippen LogP contribution >= 0.6 is 11.6 Å². The molecule has 0 radical (unpaired) electrons. The Kier molecular flexibility index (Phi) is 5.88. The standard InChI is InChI=1S/C17H13ClFNO3/c18-13-7-8-14(19)15(10-13)20-16(21)11-23-17(22)9-6-12-4-2-1-3-5-12/h1-10H,11H2,(H,20,21)/b9-6+. The largest absolute Gasteiger partial charge is 0.452 e. The van der Waals surface area contributed by atoms with Gasteiger partial charge in [0.1, 0.15) is 5.82 Å². The van der Waals surface area contributed by atoms with E-state index in [1.165, 1.54) is 18.2 Å². The second-order valence-electron chi connectivity index (χ2n) is 4.52. The van der Waals surface area contributed by atoms with Crippen LogP contribution in [0, 0.1) is 5.82 Å². The number of nitrogens with one attached hydrogen (secondary N) is 1. The summed E-state index contributed by atoms with van der Waals surface area (Å²) >= 11 is 5.71. The molecule has 0 heterocycles. The van der Waals surface area contributed by atoms with E-state index in [-0.39, 0.29) is 10.7 Å². The minimum absolute atomic E-state index is 0.0709. The summed E-state index contributed by atoms with van der Waals surface area (Å²) in [7, 11) is 0. The molecule has 118 valence electrons. The first-order valence-electron chi connectivity index (χ1n) is 6.69. The van der Waals surface area contributed by atoms with Crippen molar-refractivity contribution < 1.29 is 18.7 Å². The van der Waals surface area contributed by atoms with Crippen molar-refractivity contribution in [3.63, 3.8) is 0 Å². The number of hydrogen-bond acceptors (Lipinski definition) is 3. The topological polar surface area (TPSA) is 55.4 Å². The lowest BCUT2D eigenvalue weighted by Crippen LogP contribution is -2.20. The molecule has 0 saturated carbocycles. The van der Waals surface area contributed by atoms with Gasteiger partial charge in [0.15, 0.2) is 6.61 Å². The zero-order chi connectivity index (χ0) is 16.7. The van der Waals surface area contributed by atoms with E-state index in [1.807, 2.05) is 30.3 Å². The molecule has 23 heavy (non-hydrogen) atoms. The third-order valence-electron chi connectivity index (χ3n) is 2.76. The van der Waals surface area contributed by atoms with E-state index >= 15 is 0 Å². The molecule has 0 bridgehead atoms. The van der Waals surface area contributed by atoms with Crippen LogP contribution in [0.1, 0.15) is 5.56 Å². The average molecular weight is 334 g/mol. The van der Waals surface area contributed by atoms with Gasteiger partial charge >= 0.3 is 5.97 Å². The lowest BCUT2D eigenvalue weighted by molar-refractivity contribution is -0.142. The summed E-state index contributed by atoms with van der Waals surface area (Å²) < 4.78 is 18.2. The minimum atomic E-state index is -0.671. The molecule has 4 nitrogen and oxygen atoms in total. The van der Waals surface area contributed by atoms with Gasteiger partial charge in [-0.15, -0.1) is 0 Å². The quantitative estimate of drug-likeness (QED) is 0.671. The Morgan fingerprint density at radius 3 is 2.65 bits per heavy atom. The van der Waals surface area contributed by atoms with Gasteiger partial charge < -0.3 is 10.1 Å². The molecule has 0 atom stereocenters. The maximum Gasteiger partial charge on any atom is 0.331 e. The molecular weight excluding hydrogens is 321 g/mol. The molecule has 0 saturated heterocycles. The average Bonchev–Trinajstić information content (AvgIpc) is 2.55. The van der Waals surface area contributed by atoms with Crippen molar-refractivity contribution in [2.24, 2.45) is 0 Å². The van der Waals surface area contributed by atoms with Crippen LogP contribution in [0.5, 0.6) is 0 Å². The zero-order valence-corrected chi connectivity index (χ0v) is 12.7. The fourth-order valence-corrected chi connectivity index (χ4v) is 1.86. The Balaban J connectivity index is 1.83. The first-order chi connectivity index (χ1) is 11.0. The smallest absolute Gasteiger partial charge is 0.331 e. The van der Waals surface area contributed by atoms with Gasteiger partial charge in [-0.25, -0.2) is 9.18 Å². The molecule has 6 heteroatoms. The summed E-state index contributed by atoms with van der Waals surface area (Å²) in [6.07, 6.45) is 2.78. The number of esters is 1. The molecule has 0 aliphatic carbocycles.